The minimum absolute atomic E-state index is 0.0263. The Balaban J connectivity index is 1.55. The molecule has 3 aromatic rings. The third kappa shape index (κ3) is 6.33. The largest absolute Gasteiger partial charge is 0.454 e. The highest BCUT2D eigenvalue weighted by molar-refractivity contribution is 5.60. The number of allylic oxidation sites excluding steroid dienone is 1. The van der Waals surface area contributed by atoms with Crippen LogP contribution in [0.2, 0.25) is 0 Å². The minimum atomic E-state index is -4.59. The van der Waals surface area contributed by atoms with Crippen LogP contribution < -0.4 is 4.74 Å². The van der Waals surface area contributed by atoms with E-state index in [-0.39, 0.29) is 23.6 Å². The first-order valence-electron chi connectivity index (χ1n) is 10.4. The van der Waals surface area contributed by atoms with Crippen LogP contribution >= 0.6 is 0 Å². The molecule has 0 atom stereocenters. The molecule has 1 heterocycles. The Morgan fingerprint density at radius 3 is 2.38 bits per heavy atom. The second kappa shape index (κ2) is 9.44. The third-order valence-electron chi connectivity index (χ3n) is 5.17. The van der Waals surface area contributed by atoms with E-state index in [1.807, 2.05) is 24.3 Å². The molecule has 2 aromatic carbocycles. The number of ether oxygens (including phenoxy) is 1. The first kappa shape index (κ1) is 23.7. The van der Waals surface area contributed by atoms with Crippen LogP contribution in [0.3, 0.4) is 0 Å². The van der Waals surface area contributed by atoms with Crippen molar-refractivity contribution in [2.75, 3.05) is 6.61 Å². The summed E-state index contributed by atoms with van der Waals surface area (Å²) in [5, 5.41) is 0. The van der Waals surface area contributed by atoms with Gasteiger partial charge in [0.15, 0.2) is 6.61 Å². The SMILES string of the molecule is FC(F)(F)COc1nc(CCc2ccc3c(c2)C=CC3)nc(Cc2cccc(C(F)(F)F)c2)n1. The highest BCUT2D eigenvalue weighted by Crippen LogP contribution is 2.30. The molecule has 1 aliphatic rings. The Hall–Kier alpha value is -3.43. The summed E-state index contributed by atoms with van der Waals surface area (Å²) in [6.07, 6.45) is -3.45. The van der Waals surface area contributed by atoms with E-state index in [1.165, 1.54) is 17.7 Å². The summed E-state index contributed by atoms with van der Waals surface area (Å²) in [4.78, 5) is 12.1. The maximum atomic E-state index is 13.0. The van der Waals surface area contributed by atoms with Crippen molar-refractivity contribution in [3.63, 3.8) is 0 Å². The molecule has 0 fully saturated rings. The zero-order valence-electron chi connectivity index (χ0n) is 17.7. The molecule has 178 valence electrons. The average Bonchev–Trinajstić information content (AvgIpc) is 3.23. The zero-order valence-corrected chi connectivity index (χ0v) is 17.7. The van der Waals surface area contributed by atoms with Gasteiger partial charge >= 0.3 is 18.4 Å². The molecule has 0 N–H and O–H groups in total. The summed E-state index contributed by atoms with van der Waals surface area (Å²) in [6.45, 7) is -1.59. The fraction of sp³-hybridized carbons (Fsp3) is 0.292. The Labute approximate surface area is 191 Å². The van der Waals surface area contributed by atoms with Crippen LogP contribution in [-0.4, -0.2) is 27.7 Å². The van der Waals surface area contributed by atoms with Crippen LogP contribution in [-0.2, 0) is 31.9 Å². The number of hydrogen-bond acceptors (Lipinski definition) is 4. The van der Waals surface area contributed by atoms with Gasteiger partial charge in [0.05, 0.1) is 5.56 Å². The van der Waals surface area contributed by atoms with Gasteiger partial charge in [0.1, 0.15) is 11.6 Å². The molecule has 0 bridgehead atoms. The molecule has 34 heavy (non-hydrogen) atoms. The van der Waals surface area contributed by atoms with Crippen LogP contribution in [0.1, 0.15) is 39.5 Å². The van der Waals surface area contributed by atoms with E-state index in [1.54, 1.807) is 0 Å². The van der Waals surface area contributed by atoms with Gasteiger partial charge in [0.2, 0.25) is 0 Å². The number of alkyl halides is 6. The fourth-order valence-electron chi connectivity index (χ4n) is 3.60. The lowest BCUT2D eigenvalue weighted by atomic mass is 10.0. The molecule has 4 nitrogen and oxygen atoms in total. The van der Waals surface area contributed by atoms with Gasteiger partial charge in [-0.15, -0.1) is 0 Å². The number of hydrogen-bond donors (Lipinski definition) is 0. The molecule has 1 aromatic heterocycles. The quantitative estimate of drug-likeness (QED) is 0.404. The standard InChI is InChI=1S/C24H19F6N3O/c25-23(26,27)14-34-22-32-20(10-8-15-7-9-17-4-2-5-18(17)11-15)31-21(33-22)13-16-3-1-6-19(12-16)24(28,29)30/h1-3,5-7,9,11-12H,4,8,10,13-14H2. The van der Waals surface area contributed by atoms with E-state index in [2.05, 4.69) is 21.0 Å². The topological polar surface area (TPSA) is 47.9 Å². The number of benzene rings is 2. The van der Waals surface area contributed by atoms with Gasteiger partial charge < -0.3 is 4.74 Å². The number of aromatic nitrogens is 3. The van der Waals surface area contributed by atoms with E-state index in [4.69, 9.17) is 4.74 Å². The van der Waals surface area contributed by atoms with E-state index in [0.717, 1.165) is 29.7 Å². The van der Waals surface area contributed by atoms with Crippen molar-refractivity contribution >= 4 is 6.08 Å². The lowest BCUT2D eigenvalue weighted by Crippen LogP contribution is -2.21. The van der Waals surface area contributed by atoms with Gasteiger partial charge in [0, 0.05) is 12.8 Å². The lowest BCUT2D eigenvalue weighted by molar-refractivity contribution is -0.154. The minimum Gasteiger partial charge on any atom is -0.454 e. The Morgan fingerprint density at radius 2 is 1.62 bits per heavy atom. The summed E-state index contributed by atoms with van der Waals surface area (Å²) in [5.41, 5.74) is 2.77. The molecule has 0 saturated heterocycles. The number of aryl methyl sites for hydroxylation is 2. The number of nitrogens with zero attached hydrogens (tertiary/aromatic N) is 3. The van der Waals surface area contributed by atoms with Crippen LogP contribution in [0.4, 0.5) is 26.3 Å². The van der Waals surface area contributed by atoms with Gasteiger partial charge in [-0.25, -0.2) is 4.98 Å². The summed E-state index contributed by atoms with van der Waals surface area (Å²) >= 11 is 0. The van der Waals surface area contributed by atoms with Crippen LogP contribution in [0.5, 0.6) is 6.01 Å². The predicted molar refractivity (Wildman–Crippen MR) is 112 cm³/mol. The normalized spacial score (nSPS) is 13.2. The van der Waals surface area contributed by atoms with Gasteiger partial charge in [-0.2, -0.15) is 36.3 Å². The Kier molecular flexibility index (Phi) is 6.58. The first-order chi connectivity index (χ1) is 16.0. The molecule has 4 rings (SSSR count). The molecular weight excluding hydrogens is 460 g/mol. The predicted octanol–water partition coefficient (Wildman–Crippen LogP) is 5.78. The molecule has 1 aliphatic carbocycles. The molecular formula is C24H19F6N3O. The van der Waals surface area contributed by atoms with Crippen molar-refractivity contribution in [1.82, 2.24) is 15.0 Å². The summed E-state index contributed by atoms with van der Waals surface area (Å²) in [5.74, 6) is 0.226. The molecule has 0 unspecified atom stereocenters. The Bertz CT molecular complexity index is 1200. The Morgan fingerprint density at radius 1 is 0.824 bits per heavy atom. The maximum Gasteiger partial charge on any atom is 0.422 e. The number of fused-ring (bicyclic) bond motifs is 1. The molecule has 0 spiro atoms. The van der Waals surface area contributed by atoms with Crippen LogP contribution in [0.15, 0.2) is 48.5 Å². The van der Waals surface area contributed by atoms with Gasteiger partial charge in [-0.1, -0.05) is 48.6 Å². The first-order valence-corrected chi connectivity index (χ1v) is 10.4. The van der Waals surface area contributed by atoms with Crippen LogP contribution in [0.25, 0.3) is 6.08 Å². The van der Waals surface area contributed by atoms with E-state index in [0.29, 0.717) is 12.8 Å². The number of halogens is 6. The van der Waals surface area contributed by atoms with Crippen molar-refractivity contribution in [2.24, 2.45) is 0 Å². The number of rotatable bonds is 7. The summed E-state index contributed by atoms with van der Waals surface area (Å²) in [6, 6.07) is 10.1. The van der Waals surface area contributed by atoms with E-state index >= 15 is 0 Å². The van der Waals surface area contributed by atoms with Gasteiger partial charge in [0.25, 0.3) is 0 Å². The van der Waals surface area contributed by atoms with Gasteiger partial charge in [-0.05, 0) is 41.2 Å². The second-order valence-corrected chi connectivity index (χ2v) is 7.87. The molecule has 0 amide bonds. The van der Waals surface area contributed by atoms with Crippen molar-refractivity contribution < 1.29 is 31.1 Å². The van der Waals surface area contributed by atoms with Crippen molar-refractivity contribution in [2.45, 2.75) is 38.0 Å². The third-order valence-corrected chi connectivity index (χ3v) is 5.17. The smallest absolute Gasteiger partial charge is 0.422 e. The molecule has 10 heteroatoms. The molecule has 0 aliphatic heterocycles. The molecule has 0 saturated carbocycles. The lowest BCUT2D eigenvalue weighted by Gasteiger charge is -2.11. The summed E-state index contributed by atoms with van der Waals surface area (Å²) < 4.78 is 81.6. The van der Waals surface area contributed by atoms with Crippen molar-refractivity contribution in [1.29, 1.82) is 0 Å². The van der Waals surface area contributed by atoms with Crippen molar-refractivity contribution in [3.8, 4) is 6.01 Å². The maximum absolute atomic E-state index is 13.0. The monoisotopic (exact) mass is 479 g/mol. The summed E-state index contributed by atoms with van der Waals surface area (Å²) in [7, 11) is 0. The van der Waals surface area contributed by atoms with E-state index < -0.39 is 30.5 Å². The molecule has 0 radical (unpaired) electrons. The van der Waals surface area contributed by atoms with Gasteiger partial charge in [-0.3, -0.25) is 0 Å². The zero-order chi connectivity index (χ0) is 24.3. The second-order valence-electron chi connectivity index (χ2n) is 7.87. The van der Waals surface area contributed by atoms with Crippen molar-refractivity contribution in [3.05, 3.63) is 88.0 Å². The fourth-order valence-corrected chi connectivity index (χ4v) is 3.60. The highest BCUT2D eigenvalue weighted by atomic mass is 19.4. The highest BCUT2D eigenvalue weighted by Gasteiger charge is 2.31. The van der Waals surface area contributed by atoms with E-state index in [9.17, 15) is 26.3 Å². The van der Waals surface area contributed by atoms with Crippen LogP contribution in [0, 0.1) is 0 Å². The average molecular weight is 479 g/mol.